The van der Waals surface area contributed by atoms with Crippen molar-refractivity contribution in [3.63, 3.8) is 0 Å². The molecule has 3 aromatic rings. The van der Waals surface area contributed by atoms with Gasteiger partial charge in [-0.25, -0.2) is 5.43 Å². The lowest BCUT2D eigenvalue weighted by Crippen LogP contribution is -2.20. The number of amides is 1. The first-order valence-corrected chi connectivity index (χ1v) is 10.6. The number of nitrogens with one attached hydrogen (secondary N) is 1. The Morgan fingerprint density at radius 3 is 2.58 bits per heavy atom. The van der Waals surface area contributed by atoms with E-state index in [0.717, 1.165) is 21.2 Å². The van der Waals surface area contributed by atoms with E-state index in [4.69, 9.17) is 14.2 Å². The number of rotatable bonds is 7. The number of para-hydroxylation sites is 1. The molecule has 0 saturated heterocycles. The van der Waals surface area contributed by atoms with Crippen molar-refractivity contribution in [1.82, 2.24) is 5.43 Å². The summed E-state index contributed by atoms with van der Waals surface area (Å²) in [6.07, 6.45) is 1.77. The van der Waals surface area contributed by atoms with Gasteiger partial charge in [0.2, 0.25) is 5.91 Å². The SMILES string of the molecule is O=C(Cc1ccc2c(c1)OCCO2)NN=Cc1ccccc1OCc1ccc(Br)cc1. The summed E-state index contributed by atoms with van der Waals surface area (Å²) >= 11 is 3.43. The van der Waals surface area contributed by atoms with Crippen molar-refractivity contribution in [3.05, 3.63) is 87.9 Å². The molecular weight excluding hydrogens is 460 g/mol. The molecule has 0 bridgehead atoms. The van der Waals surface area contributed by atoms with Crippen molar-refractivity contribution >= 4 is 28.1 Å². The molecule has 0 unspecified atom stereocenters. The van der Waals surface area contributed by atoms with Gasteiger partial charge in [-0.15, -0.1) is 0 Å². The van der Waals surface area contributed by atoms with Crippen LogP contribution >= 0.6 is 15.9 Å². The molecule has 3 aromatic carbocycles. The van der Waals surface area contributed by atoms with Crippen LogP contribution in [0.5, 0.6) is 17.2 Å². The summed E-state index contributed by atoms with van der Waals surface area (Å²) < 4.78 is 18.0. The van der Waals surface area contributed by atoms with E-state index in [1.54, 1.807) is 6.21 Å². The van der Waals surface area contributed by atoms with E-state index in [1.807, 2.05) is 66.7 Å². The number of nitrogens with zero attached hydrogens (tertiary/aromatic N) is 1. The van der Waals surface area contributed by atoms with Gasteiger partial charge in [-0.1, -0.05) is 46.3 Å². The topological polar surface area (TPSA) is 69.2 Å². The molecule has 4 rings (SSSR count). The number of carbonyl (C=O) groups excluding carboxylic acids is 1. The van der Waals surface area contributed by atoms with Crippen LogP contribution in [-0.4, -0.2) is 25.3 Å². The summed E-state index contributed by atoms with van der Waals surface area (Å²) in [4.78, 5) is 12.3. The fourth-order valence-corrected chi connectivity index (χ4v) is 3.32. The molecule has 0 radical (unpaired) electrons. The first kappa shape index (κ1) is 20.9. The second-order valence-electron chi connectivity index (χ2n) is 6.90. The van der Waals surface area contributed by atoms with E-state index in [0.29, 0.717) is 37.1 Å². The minimum atomic E-state index is -0.221. The molecule has 7 heteroatoms. The van der Waals surface area contributed by atoms with E-state index in [2.05, 4.69) is 26.5 Å². The second kappa shape index (κ2) is 10.1. The van der Waals surface area contributed by atoms with Gasteiger partial charge in [0, 0.05) is 10.0 Å². The summed E-state index contributed by atoms with van der Waals surface area (Å²) in [6.45, 7) is 1.49. The van der Waals surface area contributed by atoms with Gasteiger partial charge in [0.25, 0.3) is 0 Å². The third-order valence-corrected chi connectivity index (χ3v) is 5.12. The zero-order valence-corrected chi connectivity index (χ0v) is 18.3. The maximum atomic E-state index is 12.3. The van der Waals surface area contributed by atoms with Crippen LogP contribution in [-0.2, 0) is 17.8 Å². The quantitative estimate of drug-likeness (QED) is 0.399. The molecule has 1 aliphatic rings. The molecule has 1 heterocycles. The smallest absolute Gasteiger partial charge is 0.244 e. The molecule has 0 saturated carbocycles. The van der Waals surface area contributed by atoms with Crippen molar-refractivity contribution in [2.24, 2.45) is 5.10 Å². The van der Waals surface area contributed by atoms with Gasteiger partial charge in [0.05, 0.1) is 12.6 Å². The Labute approximate surface area is 189 Å². The van der Waals surface area contributed by atoms with Gasteiger partial charge < -0.3 is 14.2 Å². The average Bonchev–Trinajstić information content (AvgIpc) is 2.79. The molecule has 0 aromatic heterocycles. The van der Waals surface area contributed by atoms with Crippen LogP contribution in [0.4, 0.5) is 0 Å². The van der Waals surface area contributed by atoms with Crippen LogP contribution in [0.2, 0.25) is 0 Å². The molecule has 0 aliphatic carbocycles. The molecule has 0 fully saturated rings. The lowest BCUT2D eigenvalue weighted by Gasteiger charge is -2.18. The highest BCUT2D eigenvalue weighted by Crippen LogP contribution is 2.30. The summed E-state index contributed by atoms with van der Waals surface area (Å²) in [5.41, 5.74) is 5.23. The van der Waals surface area contributed by atoms with Gasteiger partial charge in [0.1, 0.15) is 25.6 Å². The molecule has 0 atom stereocenters. The van der Waals surface area contributed by atoms with Gasteiger partial charge in [-0.2, -0.15) is 5.10 Å². The number of fused-ring (bicyclic) bond motifs is 1. The highest BCUT2D eigenvalue weighted by Gasteiger charge is 2.13. The van der Waals surface area contributed by atoms with Crippen LogP contribution in [0.3, 0.4) is 0 Å². The van der Waals surface area contributed by atoms with Crippen molar-refractivity contribution < 1.29 is 19.0 Å². The predicted octanol–water partition coefficient (Wildman–Crippen LogP) is 4.49. The molecule has 158 valence electrons. The number of ether oxygens (including phenoxy) is 3. The van der Waals surface area contributed by atoms with Crippen LogP contribution in [0, 0.1) is 0 Å². The first-order chi connectivity index (χ1) is 15.2. The Balaban J connectivity index is 1.33. The maximum absolute atomic E-state index is 12.3. The van der Waals surface area contributed by atoms with Crippen molar-refractivity contribution in [2.45, 2.75) is 13.0 Å². The number of hydrogen-bond acceptors (Lipinski definition) is 5. The van der Waals surface area contributed by atoms with E-state index < -0.39 is 0 Å². The van der Waals surface area contributed by atoms with Gasteiger partial charge in [-0.05, 0) is 47.5 Å². The second-order valence-corrected chi connectivity index (χ2v) is 7.82. The Morgan fingerprint density at radius 1 is 1.00 bits per heavy atom. The van der Waals surface area contributed by atoms with Crippen LogP contribution in [0.25, 0.3) is 0 Å². The summed E-state index contributed by atoms with van der Waals surface area (Å²) in [5.74, 6) is 1.83. The number of hydrogen-bond donors (Lipinski definition) is 1. The Hall–Kier alpha value is -3.32. The Kier molecular flexibility index (Phi) is 6.84. The molecular formula is C24H21BrN2O4. The highest BCUT2D eigenvalue weighted by molar-refractivity contribution is 9.10. The normalized spacial score (nSPS) is 12.5. The van der Waals surface area contributed by atoms with Gasteiger partial charge >= 0.3 is 0 Å². The summed E-state index contributed by atoms with van der Waals surface area (Å²) in [6, 6.07) is 21.0. The number of halogens is 1. The van der Waals surface area contributed by atoms with Crippen molar-refractivity contribution in [2.75, 3.05) is 13.2 Å². The fourth-order valence-electron chi connectivity index (χ4n) is 3.06. The van der Waals surface area contributed by atoms with Crippen molar-refractivity contribution in [3.8, 4) is 17.2 Å². The van der Waals surface area contributed by atoms with Gasteiger partial charge in [-0.3, -0.25) is 4.79 Å². The summed E-state index contributed by atoms with van der Waals surface area (Å²) in [7, 11) is 0. The minimum absolute atomic E-state index is 0.190. The van der Waals surface area contributed by atoms with E-state index in [9.17, 15) is 4.79 Å². The van der Waals surface area contributed by atoms with Crippen LogP contribution in [0.15, 0.2) is 76.3 Å². The zero-order chi connectivity index (χ0) is 21.5. The lowest BCUT2D eigenvalue weighted by molar-refractivity contribution is -0.120. The fraction of sp³-hybridized carbons (Fsp3) is 0.167. The van der Waals surface area contributed by atoms with Crippen LogP contribution in [0.1, 0.15) is 16.7 Å². The zero-order valence-electron chi connectivity index (χ0n) is 16.7. The predicted molar refractivity (Wildman–Crippen MR) is 122 cm³/mol. The molecule has 1 amide bonds. The first-order valence-electron chi connectivity index (χ1n) is 9.84. The molecule has 6 nitrogen and oxygen atoms in total. The lowest BCUT2D eigenvalue weighted by atomic mass is 10.1. The average molecular weight is 481 g/mol. The monoisotopic (exact) mass is 480 g/mol. The third-order valence-electron chi connectivity index (χ3n) is 4.59. The largest absolute Gasteiger partial charge is 0.488 e. The Bertz CT molecular complexity index is 1080. The summed E-state index contributed by atoms with van der Waals surface area (Å²) in [5, 5.41) is 4.09. The Morgan fingerprint density at radius 2 is 1.74 bits per heavy atom. The standard InChI is InChI=1S/C24H21BrN2O4/c25-20-8-5-17(6-9-20)16-31-21-4-2-1-3-19(21)15-26-27-24(28)14-18-7-10-22-23(13-18)30-12-11-29-22/h1-10,13,15H,11-12,14,16H2,(H,27,28). The number of benzene rings is 3. The van der Waals surface area contributed by atoms with Gasteiger partial charge in [0.15, 0.2) is 11.5 Å². The molecule has 1 N–H and O–H groups in total. The number of hydrazone groups is 1. The minimum Gasteiger partial charge on any atom is -0.488 e. The molecule has 0 spiro atoms. The van der Waals surface area contributed by atoms with Crippen LogP contribution < -0.4 is 19.6 Å². The third kappa shape index (κ3) is 5.86. The number of carbonyl (C=O) groups is 1. The van der Waals surface area contributed by atoms with E-state index >= 15 is 0 Å². The van der Waals surface area contributed by atoms with E-state index in [1.165, 1.54) is 0 Å². The maximum Gasteiger partial charge on any atom is 0.244 e. The molecule has 1 aliphatic heterocycles. The van der Waals surface area contributed by atoms with Crippen molar-refractivity contribution in [1.29, 1.82) is 0 Å². The highest BCUT2D eigenvalue weighted by atomic mass is 79.9. The molecule has 31 heavy (non-hydrogen) atoms. The van der Waals surface area contributed by atoms with E-state index in [-0.39, 0.29) is 12.3 Å².